The zero-order valence-corrected chi connectivity index (χ0v) is 32.6. The van der Waals surface area contributed by atoms with Crippen molar-refractivity contribution in [2.45, 2.75) is 13.1 Å². The van der Waals surface area contributed by atoms with E-state index in [0.29, 0.717) is 0 Å². The summed E-state index contributed by atoms with van der Waals surface area (Å²) in [6.07, 6.45) is 4.57. The van der Waals surface area contributed by atoms with Crippen LogP contribution in [-0.2, 0) is 13.1 Å². The van der Waals surface area contributed by atoms with E-state index in [-0.39, 0.29) is 34.0 Å². The fourth-order valence-electron chi connectivity index (χ4n) is 7.99. The maximum atomic E-state index is 2.40. The predicted molar refractivity (Wildman–Crippen MR) is 212 cm³/mol. The molecule has 2 aromatic heterocycles. The minimum Gasteiger partial charge on any atom is -1.00 e. The molecule has 0 saturated carbocycles. The fourth-order valence-corrected chi connectivity index (χ4v) is 7.99. The van der Waals surface area contributed by atoms with E-state index in [1.165, 1.54) is 65.9 Å². The molecule has 262 valence electrons. The van der Waals surface area contributed by atoms with Crippen molar-refractivity contribution >= 4 is 43.6 Å². The third-order valence-corrected chi connectivity index (χ3v) is 10.4. The first kappa shape index (κ1) is 35.2. The van der Waals surface area contributed by atoms with Gasteiger partial charge in [0.2, 0.25) is 12.7 Å². The molecule has 0 unspecified atom stereocenters. The van der Waals surface area contributed by atoms with Crippen molar-refractivity contribution in [3.05, 3.63) is 206 Å². The van der Waals surface area contributed by atoms with E-state index in [4.69, 9.17) is 0 Å². The highest BCUT2D eigenvalue weighted by Gasteiger charge is 2.28. The molecular formula is C48H36Br2N4. The van der Waals surface area contributed by atoms with Gasteiger partial charge in [0.15, 0.2) is 22.1 Å². The van der Waals surface area contributed by atoms with Crippen LogP contribution in [0.5, 0.6) is 0 Å². The van der Waals surface area contributed by atoms with Crippen LogP contribution in [0.2, 0.25) is 0 Å². The Hall–Kier alpha value is -5.82. The minimum absolute atomic E-state index is 0. The molecule has 0 fully saturated rings. The van der Waals surface area contributed by atoms with Gasteiger partial charge in [-0.3, -0.25) is 0 Å². The van der Waals surface area contributed by atoms with E-state index in [9.17, 15) is 0 Å². The summed E-state index contributed by atoms with van der Waals surface area (Å²) in [6.45, 7) is 1.57. The Bertz CT molecular complexity index is 2710. The minimum atomic E-state index is 0. The van der Waals surface area contributed by atoms with Crippen molar-refractivity contribution in [3.63, 3.8) is 0 Å². The van der Waals surface area contributed by atoms with E-state index < -0.39 is 0 Å². The second-order valence-electron chi connectivity index (χ2n) is 13.5. The molecule has 54 heavy (non-hydrogen) atoms. The monoisotopic (exact) mass is 826 g/mol. The SMILES string of the molecule is [Br-].[Br-].c1ccc(Cn2c[n+](-c3ccc4ccccc4c3-c3c(-[n+]4cn(Cc5ccccc5)c5ccccc54)ccc4ccccc34)c3ccccc32)cc1. The largest absolute Gasteiger partial charge is 1.00 e. The average molecular weight is 829 g/mol. The molecule has 0 aliphatic rings. The molecule has 0 bridgehead atoms. The van der Waals surface area contributed by atoms with E-state index in [2.05, 4.69) is 213 Å². The third-order valence-electron chi connectivity index (χ3n) is 10.4. The Morgan fingerprint density at radius 2 is 0.722 bits per heavy atom. The summed E-state index contributed by atoms with van der Waals surface area (Å²) in [5.74, 6) is 0. The summed E-state index contributed by atoms with van der Waals surface area (Å²) in [5.41, 5.74) is 12.0. The number of hydrogen-bond acceptors (Lipinski definition) is 0. The molecule has 0 N–H and O–H groups in total. The van der Waals surface area contributed by atoms with Crippen LogP contribution in [0.1, 0.15) is 11.1 Å². The maximum Gasteiger partial charge on any atom is 0.250 e. The van der Waals surface area contributed by atoms with Gasteiger partial charge in [-0.2, -0.15) is 9.13 Å². The summed E-state index contributed by atoms with van der Waals surface area (Å²) in [5, 5.41) is 4.87. The number of para-hydroxylation sites is 4. The van der Waals surface area contributed by atoms with Gasteiger partial charge in [-0.05, 0) is 69.1 Å². The first-order chi connectivity index (χ1) is 25.8. The Labute approximate surface area is 335 Å². The van der Waals surface area contributed by atoms with Crippen LogP contribution in [0.3, 0.4) is 0 Å². The van der Waals surface area contributed by atoms with E-state index in [1.807, 2.05) is 0 Å². The Morgan fingerprint density at radius 3 is 1.17 bits per heavy atom. The Morgan fingerprint density at radius 1 is 0.352 bits per heavy atom. The van der Waals surface area contributed by atoms with Crippen molar-refractivity contribution in [2.75, 3.05) is 0 Å². The molecule has 0 aliphatic heterocycles. The molecule has 0 atom stereocenters. The van der Waals surface area contributed by atoms with Crippen LogP contribution in [-0.4, -0.2) is 9.13 Å². The van der Waals surface area contributed by atoms with Crippen LogP contribution in [0.15, 0.2) is 195 Å². The summed E-state index contributed by atoms with van der Waals surface area (Å²) in [6, 6.07) is 65.8. The topological polar surface area (TPSA) is 17.6 Å². The third kappa shape index (κ3) is 6.11. The van der Waals surface area contributed by atoms with Gasteiger partial charge in [-0.1, -0.05) is 146 Å². The van der Waals surface area contributed by atoms with Gasteiger partial charge in [0.05, 0.1) is 0 Å². The lowest BCUT2D eigenvalue weighted by atomic mass is 9.90. The van der Waals surface area contributed by atoms with E-state index >= 15 is 0 Å². The number of nitrogens with zero attached hydrogens (tertiary/aromatic N) is 4. The highest BCUT2D eigenvalue weighted by molar-refractivity contribution is 6.10. The zero-order chi connectivity index (χ0) is 34.4. The standard InChI is InChI=1S/C48H36N4.2BrH/c1-3-15-35(16-4-1)31-49-33-51(43-25-13-11-23-41(43)49)45-29-27-37-19-7-9-21-39(37)47(45)48-40-22-10-8-20-38(40)28-30-46(48)52-34-50(32-36-17-5-2-6-18-36)42-24-12-14-26-44(42)52;;/h1-30,33-34H,31-32H2;2*1H/q+2;;/p-2. The summed E-state index contributed by atoms with van der Waals surface area (Å²) >= 11 is 0. The molecule has 0 amide bonds. The summed E-state index contributed by atoms with van der Waals surface area (Å²) in [7, 11) is 0. The number of rotatable bonds is 7. The average Bonchev–Trinajstić information content (AvgIpc) is 3.76. The lowest BCUT2D eigenvalue weighted by molar-refractivity contribution is -0.569. The molecule has 10 aromatic rings. The molecule has 2 heterocycles. The van der Waals surface area contributed by atoms with Gasteiger partial charge in [-0.25, -0.2) is 9.13 Å². The smallest absolute Gasteiger partial charge is 0.250 e. The second kappa shape index (κ2) is 14.9. The van der Waals surface area contributed by atoms with Gasteiger partial charge in [-0.15, -0.1) is 0 Å². The molecule has 0 radical (unpaired) electrons. The molecule has 0 spiro atoms. The van der Waals surface area contributed by atoms with Gasteiger partial charge in [0.1, 0.15) is 24.5 Å². The first-order valence-electron chi connectivity index (χ1n) is 17.9. The number of benzene rings is 8. The summed E-state index contributed by atoms with van der Waals surface area (Å²) < 4.78 is 9.54. The van der Waals surface area contributed by atoms with Crippen LogP contribution >= 0.6 is 0 Å². The van der Waals surface area contributed by atoms with Crippen molar-refractivity contribution in [1.29, 1.82) is 0 Å². The fraction of sp³-hybridized carbons (Fsp3) is 0.0417. The highest BCUT2D eigenvalue weighted by Crippen LogP contribution is 2.40. The zero-order valence-electron chi connectivity index (χ0n) is 29.4. The lowest BCUT2D eigenvalue weighted by Gasteiger charge is -2.16. The highest BCUT2D eigenvalue weighted by atomic mass is 79.9. The second-order valence-corrected chi connectivity index (χ2v) is 13.5. The molecule has 10 rings (SSSR count). The molecule has 8 aromatic carbocycles. The van der Waals surface area contributed by atoms with Gasteiger partial charge in [0.25, 0.3) is 0 Å². The van der Waals surface area contributed by atoms with Crippen LogP contribution in [0, 0.1) is 0 Å². The molecule has 0 aliphatic carbocycles. The molecular weight excluding hydrogens is 792 g/mol. The molecule has 4 nitrogen and oxygen atoms in total. The van der Waals surface area contributed by atoms with Crippen molar-refractivity contribution < 1.29 is 43.1 Å². The number of aromatic nitrogens is 4. The van der Waals surface area contributed by atoms with Gasteiger partial charge >= 0.3 is 0 Å². The number of hydrogen-bond donors (Lipinski definition) is 0. The Kier molecular flexibility index (Phi) is 9.72. The quantitative estimate of drug-likeness (QED) is 0.215. The van der Waals surface area contributed by atoms with Crippen LogP contribution < -0.4 is 43.1 Å². The van der Waals surface area contributed by atoms with Gasteiger partial charge < -0.3 is 34.0 Å². The molecule has 6 heteroatoms. The van der Waals surface area contributed by atoms with Gasteiger partial charge in [0, 0.05) is 11.1 Å². The van der Waals surface area contributed by atoms with Crippen LogP contribution in [0.4, 0.5) is 0 Å². The first-order valence-corrected chi connectivity index (χ1v) is 17.9. The van der Waals surface area contributed by atoms with Crippen molar-refractivity contribution in [1.82, 2.24) is 9.13 Å². The van der Waals surface area contributed by atoms with Crippen LogP contribution in [0.25, 0.3) is 66.1 Å². The van der Waals surface area contributed by atoms with E-state index in [1.54, 1.807) is 0 Å². The normalized spacial score (nSPS) is 11.2. The van der Waals surface area contributed by atoms with E-state index in [0.717, 1.165) is 24.5 Å². The van der Waals surface area contributed by atoms with Crippen molar-refractivity contribution in [3.8, 4) is 22.5 Å². The van der Waals surface area contributed by atoms with Crippen molar-refractivity contribution in [2.24, 2.45) is 0 Å². The number of fused-ring (bicyclic) bond motifs is 4. The number of imidazole rings is 2. The predicted octanol–water partition coefficient (Wildman–Crippen LogP) is 4.23. The maximum absolute atomic E-state index is 2.40. The Balaban J connectivity index is 0.00000207. The number of halogens is 2. The molecule has 0 saturated heterocycles. The lowest BCUT2D eigenvalue weighted by Crippen LogP contribution is -3.00. The summed E-state index contributed by atoms with van der Waals surface area (Å²) in [4.78, 5) is 0.